The topological polar surface area (TPSA) is 105 Å². The summed E-state index contributed by atoms with van der Waals surface area (Å²) in [6.45, 7) is 6.17. The molecule has 0 radical (unpaired) electrons. The van der Waals surface area contributed by atoms with E-state index in [0.717, 1.165) is 24.8 Å². The summed E-state index contributed by atoms with van der Waals surface area (Å²) < 4.78 is 43.6. The fourth-order valence-electron chi connectivity index (χ4n) is 5.32. The molecular formula is C26H29F3N4O4. The highest BCUT2D eigenvalue weighted by atomic mass is 19.4. The molecule has 198 valence electrons. The number of ether oxygens (including phenoxy) is 1. The fraction of sp³-hybridized carbons (Fsp3) is 0.423. The molecule has 1 heterocycles. The van der Waals surface area contributed by atoms with E-state index in [1.807, 2.05) is 0 Å². The molecule has 0 saturated heterocycles. The maximum Gasteiger partial charge on any atom is 0.573 e. The van der Waals surface area contributed by atoms with Gasteiger partial charge >= 0.3 is 12.3 Å². The lowest BCUT2D eigenvalue weighted by Gasteiger charge is -2.40. The lowest BCUT2D eigenvalue weighted by Crippen LogP contribution is -2.30. The number of carbonyl (C=O) groups excluding carboxylic acids is 1. The predicted octanol–water partition coefficient (Wildman–Crippen LogP) is 5.88. The van der Waals surface area contributed by atoms with Crippen LogP contribution in [-0.2, 0) is 4.79 Å². The predicted molar refractivity (Wildman–Crippen MR) is 132 cm³/mol. The molecule has 3 aromatic rings. The Morgan fingerprint density at radius 2 is 1.86 bits per heavy atom. The van der Waals surface area contributed by atoms with Gasteiger partial charge in [-0.25, -0.2) is 4.98 Å². The third-order valence-electron chi connectivity index (χ3n) is 6.42. The second-order valence-corrected chi connectivity index (χ2v) is 10.3. The van der Waals surface area contributed by atoms with Gasteiger partial charge in [0.05, 0.1) is 11.0 Å². The Morgan fingerprint density at radius 3 is 2.49 bits per heavy atom. The number of halogens is 3. The van der Waals surface area contributed by atoms with Gasteiger partial charge in [0, 0.05) is 17.3 Å². The molecule has 2 atom stereocenters. The molecule has 11 heteroatoms. The van der Waals surface area contributed by atoms with E-state index >= 15 is 0 Å². The van der Waals surface area contributed by atoms with E-state index in [-0.39, 0.29) is 22.8 Å². The standard InChI is InChI=1S/C26H29F3N4O4/c1-15-10-18(13-25(2,3)12-15)33-21-9-4-16(23(36)30-14-22(34)35)11-20(21)32-24(33)31-17-5-7-19(8-6-17)37-26(27,28)29/h4-9,11,15,18H,10,12-14H2,1-3H3,(H,30,36)(H,31,32)(H,34,35)/t15-,18-/m1/s1. The fourth-order valence-corrected chi connectivity index (χ4v) is 5.32. The molecule has 1 aliphatic carbocycles. The van der Waals surface area contributed by atoms with E-state index < -0.39 is 24.8 Å². The summed E-state index contributed by atoms with van der Waals surface area (Å²) in [7, 11) is 0. The number of hydrogen-bond acceptors (Lipinski definition) is 5. The van der Waals surface area contributed by atoms with Crippen LogP contribution in [0.1, 0.15) is 56.4 Å². The summed E-state index contributed by atoms with van der Waals surface area (Å²) in [6.07, 6.45) is -1.87. The van der Waals surface area contributed by atoms with Gasteiger partial charge in [0.1, 0.15) is 12.3 Å². The number of nitrogens with one attached hydrogen (secondary N) is 2. The summed E-state index contributed by atoms with van der Waals surface area (Å²) in [5.41, 5.74) is 2.23. The van der Waals surface area contributed by atoms with Crippen molar-refractivity contribution < 1.29 is 32.6 Å². The van der Waals surface area contributed by atoms with Crippen LogP contribution >= 0.6 is 0 Å². The van der Waals surface area contributed by atoms with Gasteiger partial charge in [0.25, 0.3) is 5.91 Å². The number of carbonyl (C=O) groups is 2. The molecule has 0 aliphatic heterocycles. The number of aromatic nitrogens is 2. The van der Waals surface area contributed by atoms with E-state index in [1.54, 1.807) is 18.2 Å². The zero-order valence-corrected chi connectivity index (χ0v) is 20.7. The van der Waals surface area contributed by atoms with Gasteiger partial charge in [-0.2, -0.15) is 0 Å². The SMILES string of the molecule is C[C@@H]1C[C@@H](n2c(Nc3ccc(OC(F)(F)F)cc3)nc3cc(C(=O)NCC(=O)O)ccc32)CC(C)(C)C1. The average molecular weight is 519 g/mol. The van der Waals surface area contributed by atoms with Gasteiger partial charge in [-0.3, -0.25) is 9.59 Å². The van der Waals surface area contributed by atoms with E-state index in [1.165, 1.54) is 24.3 Å². The highest BCUT2D eigenvalue weighted by Crippen LogP contribution is 2.46. The minimum absolute atomic E-state index is 0.101. The minimum atomic E-state index is -4.78. The minimum Gasteiger partial charge on any atom is -0.480 e. The van der Waals surface area contributed by atoms with Crippen molar-refractivity contribution >= 4 is 34.5 Å². The van der Waals surface area contributed by atoms with Crippen LogP contribution < -0.4 is 15.4 Å². The van der Waals surface area contributed by atoms with E-state index in [9.17, 15) is 22.8 Å². The second kappa shape index (κ2) is 9.95. The van der Waals surface area contributed by atoms with Gasteiger partial charge in [0.15, 0.2) is 0 Å². The Bertz CT molecular complexity index is 1300. The Balaban J connectivity index is 1.71. The molecule has 0 spiro atoms. The number of rotatable bonds is 7. The quantitative estimate of drug-likeness (QED) is 0.361. The van der Waals surface area contributed by atoms with Gasteiger partial charge in [-0.05, 0) is 73.1 Å². The van der Waals surface area contributed by atoms with Crippen LogP contribution in [0, 0.1) is 11.3 Å². The van der Waals surface area contributed by atoms with Crippen molar-refractivity contribution in [3.8, 4) is 5.75 Å². The summed E-state index contributed by atoms with van der Waals surface area (Å²) in [5, 5.41) is 14.4. The largest absolute Gasteiger partial charge is 0.573 e. The zero-order chi connectivity index (χ0) is 27.0. The Morgan fingerprint density at radius 1 is 1.16 bits per heavy atom. The summed E-state index contributed by atoms with van der Waals surface area (Å²) in [6, 6.07) is 10.5. The number of carboxylic acid groups (broad SMARTS) is 1. The first-order valence-electron chi connectivity index (χ1n) is 11.9. The summed E-state index contributed by atoms with van der Waals surface area (Å²) in [4.78, 5) is 28.0. The summed E-state index contributed by atoms with van der Waals surface area (Å²) in [5.74, 6) is -1.03. The number of nitrogens with zero attached hydrogens (tertiary/aromatic N) is 2. The molecule has 1 aromatic heterocycles. The first kappa shape index (κ1) is 26.3. The number of benzene rings is 2. The first-order chi connectivity index (χ1) is 17.3. The number of aliphatic carboxylic acids is 1. The van der Waals surface area contributed by atoms with Crippen molar-refractivity contribution in [1.82, 2.24) is 14.9 Å². The highest BCUT2D eigenvalue weighted by molar-refractivity contribution is 5.99. The Labute approximate surface area is 211 Å². The van der Waals surface area contributed by atoms with Crippen molar-refractivity contribution in [2.24, 2.45) is 11.3 Å². The van der Waals surface area contributed by atoms with Crippen LogP contribution in [-0.4, -0.2) is 39.4 Å². The molecule has 1 saturated carbocycles. The van der Waals surface area contributed by atoms with Crippen LogP contribution in [0.2, 0.25) is 0 Å². The van der Waals surface area contributed by atoms with Gasteiger partial charge in [-0.15, -0.1) is 13.2 Å². The number of hydrogen-bond donors (Lipinski definition) is 3. The van der Waals surface area contributed by atoms with Crippen LogP contribution in [0.5, 0.6) is 5.75 Å². The number of fused-ring (bicyclic) bond motifs is 1. The molecule has 37 heavy (non-hydrogen) atoms. The molecule has 0 unspecified atom stereocenters. The molecule has 1 amide bonds. The number of carboxylic acids is 1. The van der Waals surface area contributed by atoms with Gasteiger partial charge in [0.2, 0.25) is 5.95 Å². The third kappa shape index (κ3) is 6.52. The van der Waals surface area contributed by atoms with Gasteiger partial charge < -0.3 is 25.0 Å². The van der Waals surface area contributed by atoms with Crippen LogP contribution in [0.15, 0.2) is 42.5 Å². The Kier molecular flexibility index (Phi) is 7.07. The van der Waals surface area contributed by atoms with Crippen molar-refractivity contribution in [2.75, 3.05) is 11.9 Å². The number of amides is 1. The monoisotopic (exact) mass is 518 g/mol. The maximum atomic E-state index is 12.5. The molecule has 1 fully saturated rings. The lowest BCUT2D eigenvalue weighted by atomic mass is 9.70. The van der Waals surface area contributed by atoms with Crippen LogP contribution in [0.4, 0.5) is 24.8 Å². The molecule has 3 N–H and O–H groups in total. The normalized spacial score (nSPS) is 19.4. The van der Waals surface area contributed by atoms with E-state index in [4.69, 9.17) is 10.1 Å². The highest BCUT2D eigenvalue weighted by Gasteiger charge is 2.35. The summed E-state index contributed by atoms with van der Waals surface area (Å²) >= 11 is 0. The van der Waals surface area contributed by atoms with Gasteiger partial charge in [-0.1, -0.05) is 20.8 Å². The maximum absolute atomic E-state index is 12.5. The number of alkyl halides is 3. The number of anilines is 2. The lowest BCUT2D eigenvalue weighted by molar-refractivity contribution is -0.274. The molecule has 8 nitrogen and oxygen atoms in total. The average Bonchev–Trinajstić information content (AvgIpc) is 3.13. The van der Waals surface area contributed by atoms with Crippen molar-refractivity contribution in [3.63, 3.8) is 0 Å². The molecule has 4 rings (SSSR count). The smallest absolute Gasteiger partial charge is 0.480 e. The third-order valence-corrected chi connectivity index (χ3v) is 6.42. The van der Waals surface area contributed by atoms with E-state index in [2.05, 4.69) is 40.7 Å². The Hall–Kier alpha value is -3.76. The van der Waals surface area contributed by atoms with Crippen molar-refractivity contribution in [3.05, 3.63) is 48.0 Å². The second-order valence-electron chi connectivity index (χ2n) is 10.3. The van der Waals surface area contributed by atoms with Crippen LogP contribution in [0.3, 0.4) is 0 Å². The first-order valence-corrected chi connectivity index (χ1v) is 11.9. The van der Waals surface area contributed by atoms with Crippen LogP contribution in [0.25, 0.3) is 11.0 Å². The molecule has 0 bridgehead atoms. The number of imidazole rings is 1. The van der Waals surface area contributed by atoms with Crippen molar-refractivity contribution in [1.29, 1.82) is 0 Å². The van der Waals surface area contributed by atoms with Crippen molar-refractivity contribution in [2.45, 2.75) is 52.4 Å². The zero-order valence-electron chi connectivity index (χ0n) is 20.7. The molecule has 2 aromatic carbocycles. The van der Waals surface area contributed by atoms with E-state index in [0.29, 0.717) is 23.1 Å². The molecule has 1 aliphatic rings. The molecular weight excluding hydrogens is 489 g/mol.